The molecule has 0 aromatic heterocycles. The number of carbonyl (C=O) groups excluding carboxylic acids is 1. The molecule has 1 fully saturated rings. The van der Waals surface area contributed by atoms with Crippen LogP contribution in [0.1, 0.15) is 194 Å². The zero-order valence-corrected chi connectivity index (χ0v) is 35.3. The Morgan fingerprint density at radius 3 is 1.31 bits per heavy atom. The maximum Gasteiger partial charge on any atom is 0.472 e. The van der Waals surface area contributed by atoms with Crippen LogP contribution in [0.25, 0.3) is 0 Å². The lowest BCUT2D eigenvalue weighted by atomic mass is 9.85. The first-order valence-electron chi connectivity index (χ1n) is 22.1. The zero-order valence-electron chi connectivity index (χ0n) is 34.4. The number of rotatable bonds is 36. The fourth-order valence-corrected chi connectivity index (χ4v) is 8.27. The Balaban J connectivity index is 2.53. The van der Waals surface area contributed by atoms with E-state index in [0.29, 0.717) is 12.8 Å². The first-order valence-corrected chi connectivity index (χ1v) is 23.6. The van der Waals surface area contributed by atoms with Crippen LogP contribution in [0.5, 0.6) is 0 Å². The van der Waals surface area contributed by atoms with Gasteiger partial charge in [-0.05, 0) is 12.8 Å². The fraction of sp³-hybridized carbons (Fsp3) is 0.976. The highest BCUT2D eigenvalue weighted by Gasteiger charge is 2.51. The van der Waals surface area contributed by atoms with Crippen molar-refractivity contribution in [1.82, 2.24) is 5.32 Å². The van der Waals surface area contributed by atoms with E-state index < -0.39 is 75.2 Å². The van der Waals surface area contributed by atoms with Crippen LogP contribution in [0.4, 0.5) is 0 Å². The molecule has 8 atom stereocenters. The summed E-state index contributed by atoms with van der Waals surface area (Å²) in [5, 5.41) is 74.3. The van der Waals surface area contributed by atoms with Gasteiger partial charge in [0.1, 0.15) is 36.6 Å². The van der Waals surface area contributed by atoms with Crippen LogP contribution >= 0.6 is 7.82 Å². The number of nitrogens with one attached hydrogen (secondary N) is 1. The number of aliphatic hydroxyl groups is 7. The number of amides is 1. The highest BCUT2D eigenvalue weighted by molar-refractivity contribution is 7.47. The van der Waals surface area contributed by atoms with Gasteiger partial charge < -0.3 is 46.0 Å². The van der Waals surface area contributed by atoms with Gasteiger partial charge in [0.15, 0.2) is 0 Å². The molecule has 1 rings (SSSR count). The van der Waals surface area contributed by atoms with E-state index in [-0.39, 0.29) is 12.8 Å². The molecule has 1 amide bonds. The van der Waals surface area contributed by atoms with Crippen LogP contribution < -0.4 is 5.32 Å². The summed E-state index contributed by atoms with van der Waals surface area (Å²) in [7, 11) is -5.10. The summed E-state index contributed by atoms with van der Waals surface area (Å²) >= 11 is 0. The molecule has 0 aliphatic heterocycles. The van der Waals surface area contributed by atoms with E-state index in [1.807, 2.05) is 0 Å². The topological polar surface area (TPSA) is 226 Å². The molecule has 8 unspecified atom stereocenters. The Labute approximate surface area is 332 Å². The number of phosphoric ester groups is 1. The van der Waals surface area contributed by atoms with Crippen molar-refractivity contribution in [3.63, 3.8) is 0 Å². The highest BCUT2D eigenvalue weighted by atomic mass is 31.2. The lowest BCUT2D eigenvalue weighted by Crippen LogP contribution is -2.64. The van der Waals surface area contributed by atoms with Crippen LogP contribution in [-0.2, 0) is 18.4 Å². The number of hydrogen-bond acceptors (Lipinski definition) is 11. The van der Waals surface area contributed by atoms with Crippen LogP contribution in [-0.4, -0.2) is 108 Å². The lowest BCUT2D eigenvalue weighted by molar-refractivity contribution is -0.220. The number of carbonyl (C=O) groups is 1. The standard InChI is InChI=1S/C41H82NO12P/c1-3-5-7-9-11-13-14-15-16-17-18-19-20-21-23-25-27-29-34(44)33(42-35(45)30-32(43)28-26-24-22-12-10-8-6-4-2)31-53-55(51,52)54-41-39(49)37(47)36(46)38(48)40(41)50/h32-34,36-41,43-44,46-50H,3-31H2,1-2H3,(H,42,45)(H,51,52). The Kier molecular flexibility index (Phi) is 30.6. The average molecular weight is 812 g/mol. The number of unbranched alkanes of at least 4 members (excludes halogenated alkanes) is 23. The van der Waals surface area contributed by atoms with Crippen molar-refractivity contribution in [2.45, 2.75) is 249 Å². The number of aliphatic hydroxyl groups excluding tert-OH is 7. The number of hydrogen-bond donors (Lipinski definition) is 9. The van der Waals surface area contributed by atoms with E-state index in [4.69, 9.17) is 9.05 Å². The van der Waals surface area contributed by atoms with Gasteiger partial charge in [0.05, 0.1) is 31.3 Å². The maximum absolute atomic E-state index is 12.9. The molecule has 0 aromatic rings. The predicted octanol–water partition coefficient (Wildman–Crippen LogP) is 6.48. The van der Waals surface area contributed by atoms with Crippen LogP contribution in [0.2, 0.25) is 0 Å². The molecule has 1 aliphatic rings. The zero-order chi connectivity index (χ0) is 40.9. The second-order valence-electron chi connectivity index (χ2n) is 16.1. The van der Waals surface area contributed by atoms with Crippen molar-refractivity contribution < 1.29 is 59.0 Å². The molecule has 0 saturated heterocycles. The van der Waals surface area contributed by atoms with Gasteiger partial charge in [0.2, 0.25) is 5.91 Å². The summed E-state index contributed by atoms with van der Waals surface area (Å²) in [4.78, 5) is 23.3. The second-order valence-corrected chi connectivity index (χ2v) is 17.5. The molecule has 0 aromatic carbocycles. The average Bonchev–Trinajstić information content (AvgIpc) is 3.15. The molecule has 9 N–H and O–H groups in total. The van der Waals surface area contributed by atoms with E-state index in [9.17, 15) is 50.0 Å². The van der Waals surface area contributed by atoms with E-state index in [1.54, 1.807) is 0 Å². The van der Waals surface area contributed by atoms with Gasteiger partial charge in [-0.2, -0.15) is 0 Å². The van der Waals surface area contributed by atoms with Gasteiger partial charge in [-0.1, -0.05) is 174 Å². The first-order chi connectivity index (χ1) is 26.3. The Hall–Kier alpha value is -0.700. The minimum atomic E-state index is -5.10. The van der Waals surface area contributed by atoms with Crippen molar-refractivity contribution in [3.05, 3.63) is 0 Å². The molecule has 0 heterocycles. The largest absolute Gasteiger partial charge is 0.472 e. The molecule has 14 heteroatoms. The molecular formula is C41H82NO12P. The first kappa shape index (κ1) is 52.3. The molecule has 1 aliphatic carbocycles. The molecule has 55 heavy (non-hydrogen) atoms. The van der Waals surface area contributed by atoms with Crippen LogP contribution in [0.15, 0.2) is 0 Å². The van der Waals surface area contributed by atoms with Crippen LogP contribution in [0.3, 0.4) is 0 Å². The van der Waals surface area contributed by atoms with Gasteiger partial charge in [-0.15, -0.1) is 0 Å². The lowest BCUT2D eigenvalue weighted by Gasteiger charge is -2.41. The van der Waals surface area contributed by atoms with E-state index in [1.165, 1.54) is 103 Å². The summed E-state index contributed by atoms with van der Waals surface area (Å²) in [6.07, 6.45) is 16.0. The van der Waals surface area contributed by atoms with Gasteiger partial charge in [-0.25, -0.2) is 4.57 Å². The minimum Gasteiger partial charge on any atom is -0.393 e. The molecule has 13 nitrogen and oxygen atoms in total. The molecule has 0 bridgehead atoms. The maximum atomic E-state index is 12.9. The number of phosphoric acid groups is 1. The Morgan fingerprint density at radius 2 is 0.909 bits per heavy atom. The molecule has 0 spiro atoms. The van der Waals surface area contributed by atoms with Crippen molar-refractivity contribution in [2.24, 2.45) is 0 Å². The molecule has 0 radical (unpaired) electrons. The summed E-state index contributed by atoms with van der Waals surface area (Å²) in [5.41, 5.74) is 0. The Morgan fingerprint density at radius 1 is 0.564 bits per heavy atom. The van der Waals surface area contributed by atoms with Crippen LogP contribution in [0, 0.1) is 0 Å². The van der Waals surface area contributed by atoms with Gasteiger partial charge in [-0.3, -0.25) is 13.8 Å². The third-order valence-corrected chi connectivity index (χ3v) is 12.0. The van der Waals surface area contributed by atoms with E-state index >= 15 is 0 Å². The third-order valence-electron chi connectivity index (χ3n) is 11.0. The van der Waals surface area contributed by atoms with E-state index in [2.05, 4.69) is 19.2 Å². The summed E-state index contributed by atoms with van der Waals surface area (Å²) in [6.45, 7) is 3.75. The van der Waals surface area contributed by atoms with Gasteiger partial charge in [0, 0.05) is 0 Å². The molecular weight excluding hydrogens is 729 g/mol. The smallest absolute Gasteiger partial charge is 0.393 e. The Bertz CT molecular complexity index is 964. The van der Waals surface area contributed by atoms with Crippen molar-refractivity contribution in [3.8, 4) is 0 Å². The monoisotopic (exact) mass is 812 g/mol. The summed E-state index contributed by atoms with van der Waals surface area (Å²) in [6, 6.07) is -1.15. The third kappa shape index (κ3) is 24.7. The molecule has 328 valence electrons. The molecule has 1 saturated carbocycles. The van der Waals surface area contributed by atoms with Crippen molar-refractivity contribution >= 4 is 13.7 Å². The summed E-state index contributed by atoms with van der Waals surface area (Å²) < 4.78 is 22.8. The van der Waals surface area contributed by atoms with E-state index in [0.717, 1.165) is 51.4 Å². The van der Waals surface area contributed by atoms with Gasteiger partial charge in [0.25, 0.3) is 0 Å². The second kappa shape index (κ2) is 32.2. The minimum absolute atomic E-state index is 0.218. The highest BCUT2D eigenvalue weighted by Crippen LogP contribution is 2.47. The SMILES string of the molecule is CCCCCCCCCCCCCCCCCCCC(O)C(COP(=O)(O)OC1C(O)C(O)C(O)C(O)C1O)NC(=O)CC(O)CCCCCCCCCC. The van der Waals surface area contributed by atoms with Gasteiger partial charge >= 0.3 is 7.82 Å². The summed E-state index contributed by atoms with van der Waals surface area (Å²) in [5.74, 6) is -0.561. The fourth-order valence-electron chi connectivity index (χ4n) is 7.30. The quantitative estimate of drug-likeness (QED) is 0.0245. The predicted molar refractivity (Wildman–Crippen MR) is 215 cm³/mol. The van der Waals surface area contributed by atoms with Crippen molar-refractivity contribution in [2.75, 3.05) is 6.61 Å². The normalized spacial score (nSPS) is 24.3. The van der Waals surface area contributed by atoms with Crippen molar-refractivity contribution in [1.29, 1.82) is 0 Å².